The summed E-state index contributed by atoms with van der Waals surface area (Å²) < 4.78 is 30.2. The lowest BCUT2D eigenvalue weighted by atomic mass is 10.1. The second kappa shape index (κ2) is 4.04. The molecule has 0 spiro atoms. The third-order valence-electron chi connectivity index (χ3n) is 2.39. The van der Waals surface area contributed by atoms with Gasteiger partial charge in [-0.05, 0) is 30.7 Å². The first-order valence-electron chi connectivity index (χ1n) is 4.84. The number of benzene rings is 1. The molecule has 84 valence electrons. The minimum absolute atomic E-state index is 0.0693. The molecule has 0 atom stereocenters. The molecule has 1 aromatic heterocycles. The lowest BCUT2D eigenvalue weighted by Crippen LogP contribution is -1.92. The van der Waals surface area contributed by atoms with E-state index >= 15 is 0 Å². The van der Waals surface area contributed by atoms with Gasteiger partial charge in [-0.2, -0.15) is 0 Å². The molecule has 2 nitrogen and oxygen atoms in total. The third kappa shape index (κ3) is 1.83. The van der Waals surface area contributed by atoms with E-state index in [-0.39, 0.29) is 5.56 Å². The summed E-state index contributed by atoms with van der Waals surface area (Å²) in [5.41, 5.74) is 1.50. The maximum Gasteiger partial charge on any atom is 0.265 e. The molecular formula is C12H11F2NO. The zero-order valence-corrected chi connectivity index (χ0v) is 9.00. The van der Waals surface area contributed by atoms with Gasteiger partial charge >= 0.3 is 0 Å². The van der Waals surface area contributed by atoms with Crippen LogP contribution in [0.4, 0.5) is 8.78 Å². The number of halogens is 2. The average molecular weight is 223 g/mol. The first-order valence-corrected chi connectivity index (χ1v) is 4.84. The number of methoxy groups -OCH3 is 1. The predicted molar refractivity (Wildman–Crippen MR) is 58.0 cm³/mol. The van der Waals surface area contributed by atoms with Gasteiger partial charge in [-0.3, -0.25) is 4.98 Å². The minimum Gasteiger partial charge on any atom is -0.494 e. The number of hydrogen-bond acceptors (Lipinski definition) is 2. The van der Waals surface area contributed by atoms with Gasteiger partial charge in [-0.15, -0.1) is 0 Å². The molecule has 0 N–H and O–H groups in total. The average Bonchev–Trinajstić information content (AvgIpc) is 2.26. The van der Waals surface area contributed by atoms with Crippen LogP contribution in [0.2, 0.25) is 0 Å². The van der Waals surface area contributed by atoms with Gasteiger partial charge in [0.25, 0.3) is 6.43 Å². The highest BCUT2D eigenvalue weighted by molar-refractivity contribution is 5.85. The zero-order valence-electron chi connectivity index (χ0n) is 9.00. The zero-order chi connectivity index (χ0) is 11.7. The van der Waals surface area contributed by atoms with Gasteiger partial charge in [0.05, 0.1) is 7.11 Å². The van der Waals surface area contributed by atoms with Crippen LogP contribution < -0.4 is 4.74 Å². The first-order chi connectivity index (χ1) is 7.61. The summed E-state index contributed by atoms with van der Waals surface area (Å²) >= 11 is 0. The molecule has 2 rings (SSSR count). The van der Waals surface area contributed by atoms with Crippen LogP contribution in [0.3, 0.4) is 0 Å². The molecule has 0 aliphatic rings. The third-order valence-corrected chi connectivity index (χ3v) is 2.39. The molecule has 0 amide bonds. The molecule has 0 saturated heterocycles. The van der Waals surface area contributed by atoms with Crippen molar-refractivity contribution in [2.24, 2.45) is 0 Å². The first kappa shape index (κ1) is 10.8. The van der Waals surface area contributed by atoms with Crippen LogP contribution in [0.1, 0.15) is 17.6 Å². The van der Waals surface area contributed by atoms with Crippen molar-refractivity contribution in [3.63, 3.8) is 0 Å². The lowest BCUT2D eigenvalue weighted by molar-refractivity contribution is 0.151. The summed E-state index contributed by atoms with van der Waals surface area (Å²) in [5.74, 6) is 0.607. The Labute approximate surface area is 91.9 Å². The smallest absolute Gasteiger partial charge is 0.265 e. The molecule has 0 aliphatic carbocycles. The second-order valence-electron chi connectivity index (χ2n) is 3.61. The summed E-state index contributed by atoms with van der Waals surface area (Å²) in [6.07, 6.45) is -1.31. The number of nitrogens with zero attached hydrogens (tertiary/aromatic N) is 1. The molecule has 1 heterocycles. The van der Waals surface area contributed by atoms with E-state index in [4.69, 9.17) is 4.74 Å². The number of pyridine rings is 1. The van der Waals surface area contributed by atoms with Crippen molar-refractivity contribution in [2.75, 3.05) is 7.11 Å². The van der Waals surface area contributed by atoms with Crippen molar-refractivity contribution >= 4 is 10.9 Å². The maximum absolute atomic E-state index is 12.5. The predicted octanol–water partition coefficient (Wildman–Crippen LogP) is 3.49. The second-order valence-corrected chi connectivity index (χ2v) is 3.61. The Balaban J connectivity index is 2.69. The topological polar surface area (TPSA) is 22.1 Å². The molecule has 4 heteroatoms. The summed E-state index contributed by atoms with van der Waals surface area (Å²) in [7, 11) is 1.54. The highest BCUT2D eigenvalue weighted by Gasteiger charge is 2.10. The fourth-order valence-corrected chi connectivity index (χ4v) is 1.65. The number of aryl methyl sites for hydroxylation is 1. The van der Waals surface area contributed by atoms with Gasteiger partial charge in [0.2, 0.25) is 0 Å². The number of ether oxygens (including phenoxy) is 1. The molecule has 2 aromatic rings. The van der Waals surface area contributed by atoms with Crippen molar-refractivity contribution in [1.82, 2.24) is 4.98 Å². The Hall–Kier alpha value is -1.71. The van der Waals surface area contributed by atoms with Crippen molar-refractivity contribution in [3.8, 4) is 5.75 Å². The Kier molecular flexibility index (Phi) is 2.73. The fraction of sp³-hybridized carbons (Fsp3) is 0.250. The molecule has 0 saturated carbocycles. The number of alkyl halides is 2. The summed E-state index contributed by atoms with van der Waals surface area (Å²) in [6, 6.07) is 5.09. The minimum atomic E-state index is -2.50. The fourth-order valence-electron chi connectivity index (χ4n) is 1.65. The molecule has 16 heavy (non-hydrogen) atoms. The van der Waals surface area contributed by atoms with Crippen LogP contribution in [-0.2, 0) is 0 Å². The summed E-state index contributed by atoms with van der Waals surface area (Å²) in [5, 5.41) is 0.676. The highest BCUT2D eigenvalue weighted by atomic mass is 19.3. The number of aromatic nitrogens is 1. The van der Waals surface area contributed by atoms with Gasteiger partial charge in [0.15, 0.2) is 0 Å². The Morgan fingerprint density at radius 1 is 1.25 bits per heavy atom. The van der Waals surface area contributed by atoms with Gasteiger partial charge in [0.1, 0.15) is 11.3 Å². The van der Waals surface area contributed by atoms with Crippen LogP contribution in [0.25, 0.3) is 10.9 Å². The van der Waals surface area contributed by atoms with Crippen LogP contribution in [0.5, 0.6) is 5.75 Å². The highest BCUT2D eigenvalue weighted by Crippen LogP contribution is 2.28. The van der Waals surface area contributed by atoms with Gasteiger partial charge in [0, 0.05) is 17.1 Å². The normalized spacial score (nSPS) is 11.1. The largest absolute Gasteiger partial charge is 0.494 e. The molecule has 1 aromatic carbocycles. The molecule has 0 bridgehead atoms. The van der Waals surface area contributed by atoms with E-state index in [2.05, 4.69) is 4.98 Å². The standard InChI is InChI=1S/C12H11F2NO/c1-7-3-8-5-9(12(13)14)6-15-11(8)10(4-7)16-2/h3-6,12H,1-2H3. The molecular weight excluding hydrogens is 212 g/mol. The number of rotatable bonds is 2. The van der Waals surface area contributed by atoms with Crippen LogP contribution in [0.15, 0.2) is 24.4 Å². The molecule has 0 fully saturated rings. The van der Waals surface area contributed by atoms with Crippen molar-refractivity contribution in [3.05, 3.63) is 35.5 Å². The van der Waals surface area contributed by atoms with E-state index in [1.54, 1.807) is 0 Å². The number of hydrogen-bond donors (Lipinski definition) is 0. The van der Waals surface area contributed by atoms with E-state index < -0.39 is 6.43 Å². The number of fused-ring (bicyclic) bond motifs is 1. The van der Waals surface area contributed by atoms with Crippen molar-refractivity contribution in [1.29, 1.82) is 0 Å². The van der Waals surface area contributed by atoms with Gasteiger partial charge in [-0.25, -0.2) is 8.78 Å². The molecule has 0 aliphatic heterocycles. The van der Waals surface area contributed by atoms with Gasteiger partial charge < -0.3 is 4.74 Å². The van der Waals surface area contributed by atoms with E-state index in [0.29, 0.717) is 16.7 Å². The summed E-state index contributed by atoms with van der Waals surface area (Å²) in [6.45, 7) is 1.89. The SMILES string of the molecule is COc1cc(C)cc2cc(C(F)F)cnc12. The van der Waals surface area contributed by atoms with Crippen molar-refractivity contribution < 1.29 is 13.5 Å². The lowest BCUT2D eigenvalue weighted by Gasteiger charge is -2.07. The van der Waals surface area contributed by atoms with E-state index in [9.17, 15) is 8.78 Å². The van der Waals surface area contributed by atoms with E-state index in [1.807, 2.05) is 19.1 Å². The van der Waals surface area contributed by atoms with Gasteiger partial charge in [-0.1, -0.05) is 0 Å². The quantitative estimate of drug-likeness (QED) is 0.777. The van der Waals surface area contributed by atoms with E-state index in [1.165, 1.54) is 19.4 Å². The van der Waals surface area contributed by atoms with Crippen molar-refractivity contribution in [2.45, 2.75) is 13.3 Å². The summed E-state index contributed by atoms with van der Waals surface area (Å²) in [4.78, 5) is 4.01. The van der Waals surface area contributed by atoms with E-state index in [0.717, 1.165) is 5.56 Å². The Morgan fingerprint density at radius 2 is 2.00 bits per heavy atom. The molecule has 0 unspecified atom stereocenters. The van der Waals surface area contributed by atoms with Crippen LogP contribution in [0, 0.1) is 6.92 Å². The van der Waals surface area contributed by atoms with Crippen LogP contribution >= 0.6 is 0 Å². The Bertz CT molecular complexity index is 526. The maximum atomic E-state index is 12.5. The Morgan fingerprint density at radius 3 is 2.62 bits per heavy atom. The van der Waals surface area contributed by atoms with Crippen LogP contribution in [-0.4, -0.2) is 12.1 Å². The monoisotopic (exact) mass is 223 g/mol. The molecule has 0 radical (unpaired) electrons.